The van der Waals surface area contributed by atoms with Crippen molar-refractivity contribution in [2.75, 3.05) is 13.2 Å². The minimum absolute atomic E-state index is 0.165. The fourth-order valence-electron chi connectivity index (χ4n) is 3.64. The van der Waals surface area contributed by atoms with Gasteiger partial charge in [-0.2, -0.15) is 0 Å². The lowest BCUT2D eigenvalue weighted by atomic mass is 10.1. The highest BCUT2D eigenvalue weighted by Gasteiger charge is 2.16. The number of pyridine rings is 1. The van der Waals surface area contributed by atoms with E-state index < -0.39 is 0 Å². The molecule has 0 atom stereocenters. The first kappa shape index (κ1) is 19.9. The Bertz CT molecular complexity index is 1260. The number of aryl methyl sites for hydroxylation is 1. The summed E-state index contributed by atoms with van der Waals surface area (Å²) in [6.45, 7) is 3.80. The number of aromatic nitrogens is 2. The molecular formula is C25H23N3O4. The van der Waals surface area contributed by atoms with Crippen LogP contribution in [0.1, 0.15) is 27.2 Å². The van der Waals surface area contributed by atoms with Crippen molar-refractivity contribution < 1.29 is 19.0 Å². The maximum atomic E-state index is 12.6. The molecule has 2 aromatic heterocycles. The summed E-state index contributed by atoms with van der Waals surface area (Å²) in [5, 5.41) is 2.93. The van der Waals surface area contributed by atoms with Crippen LogP contribution in [0.4, 0.5) is 0 Å². The van der Waals surface area contributed by atoms with Crippen LogP contribution in [-0.4, -0.2) is 28.5 Å². The lowest BCUT2D eigenvalue weighted by Gasteiger charge is -2.21. The molecule has 4 aromatic rings. The molecular weight excluding hydrogens is 406 g/mol. The van der Waals surface area contributed by atoms with Gasteiger partial charge in [-0.3, -0.25) is 4.79 Å². The number of para-hydroxylation sites is 1. The Hall–Kier alpha value is -4.00. The van der Waals surface area contributed by atoms with E-state index >= 15 is 0 Å². The van der Waals surface area contributed by atoms with Crippen molar-refractivity contribution in [2.45, 2.75) is 20.1 Å². The lowest BCUT2D eigenvalue weighted by molar-refractivity contribution is 0.0950. The van der Waals surface area contributed by atoms with Gasteiger partial charge >= 0.3 is 0 Å². The molecule has 1 aliphatic heterocycles. The largest absolute Gasteiger partial charge is 0.487 e. The number of ether oxygens (including phenoxy) is 3. The third kappa shape index (κ3) is 4.23. The van der Waals surface area contributed by atoms with Gasteiger partial charge in [0.15, 0.2) is 11.5 Å². The summed E-state index contributed by atoms with van der Waals surface area (Å²) >= 11 is 0. The van der Waals surface area contributed by atoms with Crippen molar-refractivity contribution in [1.29, 1.82) is 0 Å². The van der Waals surface area contributed by atoms with Crippen LogP contribution in [0.3, 0.4) is 0 Å². The summed E-state index contributed by atoms with van der Waals surface area (Å²) in [5.41, 5.74) is 4.34. The lowest BCUT2D eigenvalue weighted by Crippen LogP contribution is -2.24. The molecule has 7 nitrogen and oxygen atoms in total. The van der Waals surface area contributed by atoms with E-state index in [-0.39, 0.29) is 5.91 Å². The van der Waals surface area contributed by atoms with Crippen molar-refractivity contribution in [3.05, 3.63) is 89.4 Å². The van der Waals surface area contributed by atoms with Crippen LogP contribution in [-0.2, 0) is 13.2 Å². The Labute approximate surface area is 185 Å². The van der Waals surface area contributed by atoms with E-state index in [1.807, 2.05) is 54.0 Å². The predicted octanol–water partition coefficient (Wildman–Crippen LogP) is 3.92. The van der Waals surface area contributed by atoms with Gasteiger partial charge in [-0.15, -0.1) is 0 Å². The molecule has 0 aliphatic carbocycles. The third-order valence-electron chi connectivity index (χ3n) is 5.24. The molecule has 3 heterocycles. The molecule has 0 radical (unpaired) electrons. The average Bonchev–Trinajstić information content (AvgIpc) is 3.23. The molecule has 0 saturated heterocycles. The summed E-state index contributed by atoms with van der Waals surface area (Å²) in [7, 11) is 0. The summed E-state index contributed by atoms with van der Waals surface area (Å²) in [4.78, 5) is 17.1. The second-order valence-electron chi connectivity index (χ2n) is 7.64. The number of nitrogens with zero attached hydrogens (tertiary/aromatic N) is 2. The molecule has 162 valence electrons. The molecule has 0 unspecified atom stereocenters. The van der Waals surface area contributed by atoms with E-state index in [0.29, 0.717) is 49.2 Å². The third-order valence-corrected chi connectivity index (χ3v) is 5.24. The zero-order valence-electron chi connectivity index (χ0n) is 17.7. The SMILES string of the molecule is Cc1ccc2nc(COc3ccc(C(=O)NCc4cccc5c4OCCO5)cc3)cn2c1. The van der Waals surface area contributed by atoms with E-state index in [4.69, 9.17) is 14.2 Å². The number of nitrogens with one attached hydrogen (secondary N) is 1. The quantitative estimate of drug-likeness (QED) is 0.503. The topological polar surface area (TPSA) is 74.1 Å². The summed E-state index contributed by atoms with van der Waals surface area (Å²) < 4.78 is 19.1. The number of carbonyl (C=O) groups excluding carboxylic acids is 1. The number of hydrogen-bond donors (Lipinski definition) is 1. The van der Waals surface area contributed by atoms with Gasteiger partial charge in [0, 0.05) is 30.1 Å². The normalized spacial score (nSPS) is 12.5. The summed E-state index contributed by atoms with van der Waals surface area (Å²) in [5.74, 6) is 1.93. The minimum atomic E-state index is -0.165. The van der Waals surface area contributed by atoms with Crippen molar-refractivity contribution in [1.82, 2.24) is 14.7 Å². The fraction of sp³-hybridized carbons (Fsp3) is 0.200. The van der Waals surface area contributed by atoms with Crippen molar-refractivity contribution in [3.63, 3.8) is 0 Å². The Morgan fingerprint density at radius 2 is 1.91 bits per heavy atom. The maximum Gasteiger partial charge on any atom is 0.251 e. The Balaban J connectivity index is 1.18. The van der Waals surface area contributed by atoms with Crippen molar-refractivity contribution in [3.8, 4) is 17.2 Å². The fourth-order valence-corrected chi connectivity index (χ4v) is 3.64. The number of imidazole rings is 1. The summed E-state index contributed by atoms with van der Waals surface area (Å²) in [6.07, 6.45) is 3.99. The Kier molecular flexibility index (Phi) is 5.37. The van der Waals surface area contributed by atoms with Gasteiger partial charge in [-0.25, -0.2) is 4.98 Å². The van der Waals surface area contributed by atoms with Gasteiger partial charge in [0.1, 0.15) is 31.2 Å². The van der Waals surface area contributed by atoms with Crippen LogP contribution >= 0.6 is 0 Å². The molecule has 1 aliphatic rings. The first-order chi connectivity index (χ1) is 15.7. The number of fused-ring (bicyclic) bond motifs is 2. The molecule has 0 spiro atoms. The van der Waals surface area contributed by atoms with Crippen LogP contribution in [0.5, 0.6) is 17.2 Å². The molecule has 5 rings (SSSR count). The number of hydrogen-bond acceptors (Lipinski definition) is 5. The zero-order valence-corrected chi connectivity index (χ0v) is 17.7. The highest BCUT2D eigenvalue weighted by molar-refractivity contribution is 5.94. The monoisotopic (exact) mass is 429 g/mol. The van der Waals surface area contributed by atoms with Crippen LogP contribution in [0.15, 0.2) is 67.0 Å². The second kappa shape index (κ2) is 8.63. The van der Waals surface area contributed by atoms with E-state index in [9.17, 15) is 4.79 Å². The molecule has 0 saturated carbocycles. The molecule has 0 fully saturated rings. The Morgan fingerprint density at radius 3 is 2.78 bits per heavy atom. The van der Waals surface area contributed by atoms with E-state index in [0.717, 1.165) is 16.9 Å². The van der Waals surface area contributed by atoms with Crippen molar-refractivity contribution >= 4 is 11.6 Å². The predicted molar refractivity (Wildman–Crippen MR) is 119 cm³/mol. The summed E-state index contributed by atoms with van der Waals surface area (Å²) in [6, 6.07) is 16.8. The number of amides is 1. The smallest absolute Gasteiger partial charge is 0.251 e. The zero-order chi connectivity index (χ0) is 21.9. The molecule has 1 amide bonds. The first-order valence-electron chi connectivity index (χ1n) is 10.5. The van der Waals surface area contributed by atoms with Gasteiger partial charge in [0.2, 0.25) is 0 Å². The standard InChI is InChI=1S/C25H23N3O4/c1-17-5-10-23-27-20(15-28(23)14-17)16-32-21-8-6-18(7-9-21)25(29)26-13-19-3-2-4-22-24(19)31-12-11-30-22/h2-10,14-15H,11-13,16H2,1H3,(H,26,29). The second-order valence-corrected chi connectivity index (χ2v) is 7.64. The number of carbonyl (C=O) groups is 1. The molecule has 32 heavy (non-hydrogen) atoms. The van der Waals surface area contributed by atoms with Gasteiger partial charge in [-0.05, 0) is 48.9 Å². The van der Waals surface area contributed by atoms with E-state index in [1.165, 1.54) is 5.56 Å². The van der Waals surface area contributed by atoms with Crippen LogP contribution in [0.2, 0.25) is 0 Å². The molecule has 7 heteroatoms. The highest BCUT2D eigenvalue weighted by Crippen LogP contribution is 2.33. The molecule has 2 aromatic carbocycles. The minimum Gasteiger partial charge on any atom is -0.487 e. The average molecular weight is 429 g/mol. The van der Waals surface area contributed by atoms with Gasteiger partial charge in [0.05, 0.1) is 5.69 Å². The number of benzene rings is 2. The van der Waals surface area contributed by atoms with Crippen LogP contribution in [0.25, 0.3) is 5.65 Å². The van der Waals surface area contributed by atoms with E-state index in [1.54, 1.807) is 24.3 Å². The van der Waals surface area contributed by atoms with Crippen LogP contribution < -0.4 is 19.5 Å². The Morgan fingerprint density at radius 1 is 1.06 bits per heavy atom. The van der Waals surface area contributed by atoms with Gasteiger partial charge in [-0.1, -0.05) is 18.2 Å². The van der Waals surface area contributed by atoms with Crippen LogP contribution in [0, 0.1) is 6.92 Å². The first-order valence-corrected chi connectivity index (χ1v) is 10.5. The van der Waals surface area contributed by atoms with Gasteiger partial charge < -0.3 is 23.9 Å². The molecule has 1 N–H and O–H groups in total. The number of rotatable bonds is 6. The van der Waals surface area contributed by atoms with E-state index in [2.05, 4.69) is 10.3 Å². The maximum absolute atomic E-state index is 12.6. The van der Waals surface area contributed by atoms with Crippen molar-refractivity contribution in [2.24, 2.45) is 0 Å². The van der Waals surface area contributed by atoms with Gasteiger partial charge in [0.25, 0.3) is 5.91 Å². The highest BCUT2D eigenvalue weighted by atomic mass is 16.6. The molecule has 0 bridgehead atoms.